The van der Waals surface area contributed by atoms with E-state index in [0.717, 1.165) is 11.1 Å². The average Bonchev–Trinajstić information content (AvgIpc) is 3.67. The van der Waals surface area contributed by atoms with Gasteiger partial charge in [-0.25, -0.2) is 4.79 Å². The summed E-state index contributed by atoms with van der Waals surface area (Å²) in [4.78, 5) is 82.0. The minimum absolute atomic E-state index is 0.0596. The molecule has 3 N–H and O–H groups in total. The minimum Gasteiger partial charge on any atom is -0.489 e. The van der Waals surface area contributed by atoms with Gasteiger partial charge in [0.25, 0.3) is 0 Å². The van der Waals surface area contributed by atoms with Crippen LogP contribution in [-0.2, 0) is 41.6 Å². The molecule has 1 saturated heterocycles. The SMILES string of the molecule is CC1=C(C)C(=O)C(COc2ccc(C[C@H](NC(=O)[C@@H]3CCCN3C(=O)[C@H](/C=C/[C@H](CC(C)C)NC(=O)OC(C)(C)C)Cc3ccccc3)C(=O)NC(C)C)cc2)=C(C)C1=O. The molecular formula is C48H64N4O8. The first-order valence-electron chi connectivity index (χ1n) is 21.0. The van der Waals surface area contributed by atoms with Gasteiger partial charge in [-0.15, -0.1) is 0 Å². The summed E-state index contributed by atoms with van der Waals surface area (Å²) in [5, 5.41) is 8.83. The molecule has 1 heterocycles. The first kappa shape index (κ1) is 47.2. The summed E-state index contributed by atoms with van der Waals surface area (Å²) < 4.78 is 11.4. The van der Waals surface area contributed by atoms with Crippen LogP contribution in [0, 0.1) is 11.8 Å². The number of nitrogens with zero attached hydrogens (tertiary/aromatic N) is 1. The molecule has 4 atom stereocenters. The van der Waals surface area contributed by atoms with Crippen LogP contribution in [0.4, 0.5) is 4.79 Å². The fourth-order valence-electron chi connectivity index (χ4n) is 7.35. The molecule has 1 fully saturated rings. The molecule has 0 radical (unpaired) electrons. The van der Waals surface area contributed by atoms with Crippen LogP contribution >= 0.6 is 0 Å². The Morgan fingerprint density at radius 2 is 1.43 bits per heavy atom. The number of likely N-dealkylation sites (tertiary alicyclic amines) is 1. The van der Waals surface area contributed by atoms with Gasteiger partial charge in [-0.3, -0.25) is 24.0 Å². The number of amides is 4. The molecule has 1 aliphatic heterocycles. The maximum absolute atomic E-state index is 14.5. The smallest absolute Gasteiger partial charge is 0.408 e. The molecule has 324 valence electrons. The summed E-state index contributed by atoms with van der Waals surface area (Å²) in [5.74, 6) is -1.24. The Morgan fingerprint density at radius 1 is 0.800 bits per heavy atom. The van der Waals surface area contributed by atoms with E-state index in [0.29, 0.717) is 60.3 Å². The Labute approximate surface area is 355 Å². The van der Waals surface area contributed by atoms with Gasteiger partial charge in [-0.1, -0.05) is 68.5 Å². The second-order valence-electron chi connectivity index (χ2n) is 17.6. The van der Waals surface area contributed by atoms with E-state index in [-0.39, 0.29) is 54.4 Å². The largest absolute Gasteiger partial charge is 0.489 e. The van der Waals surface area contributed by atoms with Gasteiger partial charge < -0.3 is 30.3 Å². The molecule has 12 heteroatoms. The Hall–Kier alpha value is -5.52. The van der Waals surface area contributed by atoms with Crippen LogP contribution in [0.15, 0.2) is 89.0 Å². The normalized spacial score (nSPS) is 17.6. The van der Waals surface area contributed by atoms with Gasteiger partial charge in [0.1, 0.15) is 30.0 Å². The van der Waals surface area contributed by atoms with Gasteiger partial charge in [0.15, 0.2) is 11.6 Å². The Morgan fingerprint density at radius 3 is 2.05 bits per heavy atom. The van der Waals surface area contributed by atoms with Gasteiger partial charge in [-0.05, 0) is 110 Å². The number of ether oxygens (including phenoxy) is 2. The molecule has 0 saturated carbocycles. The maximum atomic E-state index is 14.5. The summed E-state index contributed by atoms with van der Waals surface area (Å²) in [6, 6.07) is 14.4. The lowest BCUT2D eigenvalue weighted by Crippen LogP contribution is -2.55. The monoisotopic (exact) mass is 824 g/mol. The molecule has 4 rings (SSSR count). The predicted molar refractivity (Wildman–Crippen MR) is 232 cm³/mol. The molecule has 1 aliphatic carbocycles. The van der Waals surface area contributed by atoms with Crippen molar-refractivity contribution in [2.45, 2.75) is 131 Å². The lowest BCUT2D eigenvalue weighted by molar-refractivity contribution is -0.141. The topological polar surface area (TPSA) is 160 Å². The second kappa shape index (κ2) is 21.1. The fourth-order valence-corrected chi connectivity index (χ4v) is 7.35. The van der Waals surface area contributed by atoms with Crippen molar-refractivity contribution in [2.24, 2.45) is 11.8 Å². The van der Waals surface area contributed by atoms with Gasteiger partial charge in [0, 0.05) is 41.3 Å². The highest BCUT2D eigenvalue weighted by molar-refractivity contribution is 6.24. The number of hydrogen-bond donors (Lipinski definition) is 3. The zero-order chi connectivity index (χ0) is 44.3. The molecule has 0 bridgehead atoms. The molecule has 60 heavy (non-hydrogen) atoms. The molecule has 2 aromatic carbocycles. The molecule has 2 aliphatic rings. The van der Waals surface area contributed by atoms with Gasteiger partial charge in [0.2, 0.25) is 17.7 Å². The van der Waals surface area contributed by atoms with Crippen LogP contribution in [0.5, 0.6) is 5.75 Å². The first-order valence-corrected chi connectivity index (χ1v) is 21.0. The van der Waals surface area contributed by atoms with E-state index >= 15 is 0 Å². The fraction of sp³-hybridized carbons (Fsp3) is 0.500. The lowest BCUT2D eigenvalue weighted by atomic mass is 9.86. The summed E-state index contributed by atoms with van der Waals surface area (Å²) in [5.41, 5.74) is 2.61. The average molecular weight is 825 g/mol. The van der Waals surface area contributed by atoms with Gasteiger partial charge in [-0.2, -0.15) is 0 Å². The molecular weight excluding hydrogens is 761 g/mol. The van der Waals surface area contributed by atoms with Crippen LogP contribution in [0.25, 0.3) is 0 Å². The van der Waals surface area contributed by atoms with E-state index in [1.165, 1.54) is 0 Å². The quantitative estimate of drug-likeness (QED) is 0.117. The highest BCUT2D eigenvalue weighted by Gasteiger charge is 2.38. The Balaban J connectivity index is 1.51. The number of allylic oxidation sites excluding steroid dienone is 3. The van der Waals surface area contributed by atoms with Crippen molar-refractivity contribution >= 4 is 35.4 Å². The van der Waals surface area contributed by atoms with Crippen molar-refractivity contribution < 1.29 is 38.2 Å². The summed E-state index contributed by atoms with van der Waals surface area (Å²) in [6.07, 6.45) is 5.42. The molecule has 0 unspecified atom stereocenters. The van der Waals surface area contributed by atoms with E-state index in [2.05, 4.69) is 29.8 Å². The van der Waals surface area contributed by atoms with Crippen LogP contribution in [-0.4, -0.2) is 83.2 Å². The number of Topliss-reactive ketones (excluding diaryl/α,β-unsaturated/α-hetero) is 2. The number of rotatable bonds is 17. The Bertz CT molecular complexity index is 1970. The highest BCUT2D eigenvalue weighted by atomic mass is 16.6. The Kier molecular flexibility index (Phi) is 16.6. The van der Waals surface area contributed by atoms with Gasteiger partial charge >= 0.3 is 6.09 Å². The van der Waals surface area contributed by atoms with Crippen LogP contribution in [0.2, 0.25) is 0 Å². The second-order valence-corrected chi connectivity index (χ2v) is 17.6. The summed E-state index contributed by atoms with van der Waals surface area (Å²) >= 11 is 0. The van der Waals surface area contributed by atoms with Crippen LogP contribution < -0.4 is 20.7 Å². The van der Waals surface area contributed by atoms with E-state index in [4.69, 9.17) is 9.47 Å². The number of carbonyl (C=O) groups is 6. The van der Waals surface area contributed by atoms with Crippen molar-refractivity contribution in [3.63, 3.8) is 0 Å². The number of nitrogens with one attached hydrogen (secondary N) is 3. The maximum Gasteiger partial charge on any atom is 0.408 e. The number of ketones is 2. The summed E-state index contributed by atoms with van der Waals surface area (Å²) in [7, 11) is 0. The summed E-state index contributed by atoms with van der Waals surface area (Å²) in [6.45, 7) is 18.5. The third-order valence-electron chi connectivity index (χ3n) is 10.6. The number of hydrogen-bond acceptors (Lipinski definition) is 8. The zero-order valence-corrected chi connectivity index (χ0v) is 37.0. The molecule has 4 amide bonds. The zero-order valence-electron chi connectivity index (χ0n) is 37.0. The van der Waals surface area contributed by atoms with Crippen molar-refractivity contribution in [1.29, 1.82) is 0 Å². The first-order chi connectivity index (χ1) is 28.2. The molecule has 12 nitrogen and oxygen atoms in total. The van der Waals surface area contributed by atoms with E-state index in [1.54, 1.807) is 70.7 Å². The third kappa shape index (κ3) is 13.5. The van der Waals surface area contributed by atoms with Crippen LogP contribution in [0.3, 0.4) is 0 Å². The highest BCUT2D eigenvalue weighted by Crippen LogP contribution is 2.26. The standard InChI is InChI=1S/C48H64N4O8/c1-29(2)25-37(50-47(58)60-48(8,9)10)21-20-36(26-34-15-12-11-13-16-34)46(57)52-24-14-17-41(52)45(56)51-40(44(55)49-30(3)4)27-35-18-22-38(23-19-35)59-28-39-33(7)42(53)31(5)32(6)43(39)54/h11-13,15-16,18-23,29-30,36-37,40-41H,14,17,24-28H2,1-10H3,(H,49,55)(H,50,58)(H,51,56)/b21-20+/t36-,37-,40+,41+/m1/s1. The predicted octanol–water partition coefficient (Wildman–Crippen LogP) is 6.77. The van der Waals surface area contributed by atoms with Crippen molar-refractivity contribution in [2.75, 3.05) is 13.2 Å². The molecule has 0 spiro atoms. The number of benzene rings is 2. The third-order valence-corrected chi connectivity index (χ3v) is 10.6. The van der Waals surface area contributed by atoms with E-state index in [9.17, 15) is 28.8 Å². The van der Waals surface area contributed by atoms with Crippen LogP contribution in [0.1, 0.15) is 99.6 Å². The van der Waals surface area contributed by atoms with Crippen molar-refractivity contribution in [1.82, 2.24) is 20.9 Å². The molecule has 0 aromatic heterocycles. The number of carbonyl (C=O) groups excluding carboxylic acids is 6. The van der Waals surface area contributed by atoms with E-state index in [1.807, 2.05) is 56.3 Å². The lowest BCUT2D eigenvalue weighted by Gasteiger charge is -2.29. The van der Waals surface area contributed by atoms with Crippen molar-refractivity contribution in [3.8, 4) is 5.75 Å². The van der Waals surface area contributed by atoms with Gasteiger partial charge in [0.05, 0.1) is 12.0 Å². The van der Waals surface area contributed by atoms with Crippen molar-refractivity contribution in [3.05, 3.63) is 100 Å². The minimum atomic E-state index is -0.934. The number of alkyl carbamates (subject to hydrolysis) is 1. The molecule has 2 aromatic rings. The van der Waals surface area contributed by atoms with E-state index < -0.39 is 35.6 Å².